The molecule has 55 heavy (non-hydrogen) atoms. The fourth-order valence-corrected chi connectivity index (χ4v) is 7.38. The minimum absolute atomic E-state index is 0.0623. The van der Waals surface area contributed by atoms with Gasteiger partial charge in [-0.1, -0.05) is 239 Å². The molecule has 326 valence electrons. The van der Waals surface area contributed by atoms with E-state index in [9.17, 15) is 14.4 Å². The Hall–Kier alpha value is -1.59. The zero-order valence-corrected chi connectivity index (χ0v) is 37.2. The van der Waals surface area contributed by atoms with Crippen molar-refractivity contribution in [2.24, 2.45) is 0 Å². The molecule has 0 atom stereocenters. The summed E-state index contributed by atoms with van der Waals surface area (Å²) in [4.78, 5) is 37.8. The van der Waals surface area contributed by atoms with E-state index in [1.54, 1.807) is 0 Å². The Morgan fingerprint density at radius 2 is 0.491 bits per heavy atom. The van der Waals surface area contributed by atoms with E-state index < -0.39 is 6.10 Å². The third kappa shape index (κ3) is 43.4. The average Bonchev–Trinajstić information content (AvgIpc) is 3.18. The standard InChI is InChI=1S/C49H94O6/c1-4-7-10-13-16-19-22-23-24-25-28-31-34-37-40-43-49(52)55-46(44-53-47(50)41-38-35-32-29-26-20-17-14-11-8-5-2)45-54-48(51)42-39-36-33-30-27-21-18-15-12-9-6-3/h46H,4-45H2,1-3H3. The van der Waals surface area contributed by atoms with Crippen molar-refractivity contribution in [3.63, 3.8) is 0 Å². The maximum absolute atomic E-state index is 12.7. The Kier molecular flexibility index (Phi) is 43.8. The molecule has 0 bridgehead atoms. The first kappa shape index (κ1) is 53.4. The van der Waals surface area contributed by atoms with Crippen LogP contribution in [-0.4, -0.2) is 37.2 Å². The van der Waals surface area contributed by atoms with Gasteiger partial charge >= 0.3 is 17.9 Å². The van der Waals surface area contributed by atoms with Gasteiger partial charge in [-0.15, -0.1) is 0 Å². The molecule has 0 unspecified atom stereocenters. The molecular formula is C49H94O6. The number of carbonyl (C=O) groups is 3. The molecule has 0 spiro atoms. The minimum Gasteiger partial charge on any atom is -0.462 e. The van der Waals surface area contributed by atoms with Gasteiger partial charge in [0.05, 0.1) is 0 Å². The number of ether oxygens (including phenoxy) is 3. The van der Waals surface area contributed by atoms with Gasteiger partial charge in [0, 0.05) is 19.3 Å². The van der Waals surface area contributed by atoms with Crippen molar-refractivity contribution >= 4 is 17.9 Å². The lowest BCUT2D eigenvalue weighted by Crippen LogP contribution is -2.30. The molecule has 0 saturated carbocycles. The van der Waals surface area contributed by atoms with Gasteiger partial charge in [-0.3, -0.25) is 14.4 Å². The van der Waals surface area contributed by atoms with E-state index in [0.29, 0.717) is 19.3 Å². The maximum Gasteiger partial charge on any atom is 0.306 e. The van der Waals surface area contributed by atoms with E-state index in [2.05, 4.69) is 20.8 Å². The smallest absolute Gasteiger partial charge is 0.306 e. The summed E-state index contributed by atoms with van der Waals surface area (Å²) in [5, 5.41) is 0. The zero-order chi connectivity index (χ0) is 40.1. The SMILES string of the molecule is CCCCCCCCCCCCCCCCCC(=O)OC(COC(=O)CCCCCCCCCCCCC)COC(=O)CCCCCCCCCCCCC. The van der Waals surface area contributed by atoms with Crippen molar-refractivity contribution in [3.05, 3.63) is 0 Å². The molecule has 0 rings (SSSR count). The van der Waals surface area contributed by atoms with E-state index in [0.717, 1.165) is 57.8 Å². The lowest BCUT2D eigenvalue weighted by atomic mass is 10.0. The van der Waals surface area contributed by atoms with Crippen molar-refractivity contribution in [3.8, 4) is 0 Å². The Balaban J connectivity index is 4.30. The first-order valence-electron chi connectivity index (χ1n) is 24.5. The van der Waals surface area contributed by atoms with Crippen molar-refractivity contribution in [1.29, 1.82) is 0 Å². The van der Waals surface area contributed by atoms with Crippen LogP contribution in [0.15, 0.2) is 0 Å². The summed E-state index contributed by atoms with van der Waals surface area (Å²) in [6, 6.07) is 0. The lowest BCUT2D eigenvalue weighted by molar-refractivity contribution is -0.167. The number of hydrogen-bond donors (Lipinski definition) is 0. The summed E-state index contributed by atoms with van der Waals surface area (Å²) < 4.78 is 16.8. The topological polar surface area (TPSA) is 78.9 Å². The van der Waals surface area contributed by atoms with Crippen molar-refractivity contribution < 1.29 is 28.6 Å². The molecule has 0 aromatic rings. The number of unbranched alkanes of at least 4 members (excludes halogenated alkanes) is 34. The van der Waals surface area contributed by atoms with Crippen molar-refractivity contribution in [1.82, 2.24) is 0 Å². The van der Waals surface area contributed by atoms with E-state index in [1.807, 2.05) is 0 Å². The Morgan fingerprint density at radius 1 is 0.291 bits per heavy atom. The van der Waals surface area contributed by atoms with Gasteiger partial charge < -0.3 is 14.2 Å². The van der Waals surface area contributed by atoms with Crippen LogP contribution < -0.4 is 0 Å². The molecule has 0 amide bonds. The maximum atomic E-state index is 12.7. The van der Waals surface area contributed by atoms with Crippen molar-refractivity contribution in [2.75, 3.05) is 13.2 Å². The summed E-state index contributed by atoms with van der Waals surface area (Å²) in [6.07, 6.45) is 46.5. The second kappa shape index (κ2) is 45.1. The quantitative estimate of drug-likeness (QED) is 0.0348. The number of carbonyl (C=O) groups excluding carboxylic acids is 3. The van der Waals surface area contributed by atoms with Crippen LogP contribution in [0.25, 0.3) is 0 Å². The molecule has 0 radical (unpaired) electrons. The monoisotopic (exact) mass is 779 g/mol. The first-order chi connectivity index (χ1) is 27.0. The molecule has 0 N–H and O–H groups in total. The summed E-state index contributed by atoms with van der Waals surface area (Å²) in [7, 11) is 0. The molecular weight excluding hydrogens is 685 g/mol. The van der Waals surface area contributed by atoms with Gasteiger partial charge in [-0.2, -0.15) is 0 Å². The molecule has 0 heterocycles. The van der Waals surface area contributed by atoms with Gasteiger partial charge in [-0.25, -0.2) is 0 Å². The van der Waals surface area contributed by atoms with Crippen LogP contribution in [0.1, 0.15) is 278 Å². The van der Waals surface area contributed by atoms with Crippen LogP contribution in [-0.2, 0) is 28.6 Å². The predicted molar refractivity (Wildman–Crippen MR) is 233 cm³/mol. The van der Waals surface area contributed by atoms with E-state index in [1.165, 1.54) is 180 Å². The van der Waals surface area contributed by atoms with Crippen LogP contribution in [0.5, 0.6) is 0 Å². The Labute approximate surface area is 342 Å². The number of esters is 3. The number of hydrogen-bond acceptors (Lipinski definition) is 6. The fourth-order valence-electron chi connectivity index (χ4n) is 7.38. The summed E-state index contributed by atoms with van der Waals surface area (Å²) in [5.74, 6) is -0.846. The van der Waals surface area contributed by atoms with Crippen LogP contribution in [0.3, 0.4) is 0 Å². The fraction of sp³-hybridized carbons (Fsp3) is 0.939. The second-order valence-electron chi connectivity index (χ2n) is 16.7. The highest BCUT2D eigenvalue weighted by Crippen LogP contribution is 2.16. The molecule has 0 aliphatic carbocycles. The van der Waals surface area contributed by atoms with E-state index in [-0.39, 0.29) is 31.1 Å². The van der Waals surface area contributed by atoms with Gasteiger partial charge in [-0.05, 0) is 19.3 Å². The largest absolute Gasteiger partial charge is 0.462 e. The second-order valence-corrected chi connectivity index (χ2v) is 16.7. The van der Waals surface area contributed by atoms with Crippen molar-refractivity contribution in [2.45, 2.75) is 284 Å². The normalized spacial score (nSPS) is 11.3. The summed E-state index contributed by atoms with van der Waals surface area (Å²) in [6.45, 7) is 6.66. The Morgan fingerprint density at radius 3 is 0.727 bits per heavy atom. The third-order valence-electron chi connectivity index (χ3n) is 11.1. The predicted octanol–water partition coefficient (Wildman–Crippen LogP) is 15.6. The average molecular weight is 779 g/mol. The summed E-state index contributed by atoms with van der Waals surface area (Å²) in [5.41, 5.74) is 0. The Bertz CT molecular complexity index is 771. The first-order valence-corrected chi connectivity index (χ1v) is 24.5. The number of rotatable bonds is 45. The van der Waals surface area contributed by atoms with Crippen LogP contribution >= 0.6 is 0 Å². The lowest BCUT2D eigenvalue weighted by Gasteiger charge is -2.18. The van der Waals surface area contributed by atoms with Crippen LogP contribution in [0, 0.1) is 0 Å². The molecule has 6 heteroatoms. The third-order valence-corrected chi connectivity index (χ3v) is 11.1. The molecule has 0 aliphatic rings. The molecule has 0 aliphatic heterocycles. The van der Waals surface area contributed by atoms with Gasteiger partial charge in [0.25, 0.3) is 0 Å². The highest BCUT2D eigenvalue weighted by molar-refractivity contribution is 5.71. The van der Waals surface area contributed by atoms with Gasteiger partial charge in [0.15, 0.2) is 6.10 Å². The molecule has 0 aromatic carbocycles. The highest BCUT2D eigenvalue weighted by atomic mass is 16.6. The van der Waals surface area contributed by atoms with E-state index in [4.69, 9.17) is 14.2 Å². The van der Waals surface area contributed by atoms with Gasteiger partial charge in [0.1, 0.15) is 13.2 Å². The molecule has 0 saturated heterocycles. The highest BCUT2D eigenvalue weighted by Gasteiger charge is 2.19. The molecule has 0 aromatic heterocycles. The molecule has 0 fully saturated rings. The van der Waals surface area contributed by atoms with Gasteiger partial charge in [0.2, 0.25) is 0 Å². The molecule has 6 nitrogen and oxygen atoms in total. The van der Waals surface area contributed by atoms with E-state index >= 15 is 0 Å². The minimum atomic E-state index is -0.758. The zero-order valence-electron chi connectivity index (χ0n) is 37.2. The van der Waals surface area contributed by atoms with Crippen LogP contribution in [0.2, 0.25) is 0 Å². The van der Waals surface area contributed by atoms with Crippen LogP contribution in [0.4, 0.5) is 0 Å². The summed E-state index contributed by atoms with van der Waals surface area (Å²) >= 11 is 0.